The maximum absolute atomic E-state index is 12.4. The fourth-order valence-electron chi connectivity index (χ4n) is 3.56. The average Bonchev–Trinajstić information content (AvgIpc) is 3.07. The Morgan fingerprint density at radius 2 is 1.62 bits per heavy atom. The molecule has 2 N–H and O–H groups in total. The van der Waals surface area contributed by atoms with Gasteiger partial charge in [-0.05, 0) is 55.3 Å². The normalized spacial score (nSPS) is 14.7. The van der Waals surface area contributed by atoms with E-state index in [0.29, 0.717) is 5.69 Å². The van der Waals surface area contributed by atoms with Crippen molar-refractivity contribution in [1.29, 1.82) is 0 Å². The molecule has 0 radical (unpaired) electrons. The van der Waals surface area contributed by atoms with Gasteiger partial charge in [0.2, 0.25) is 15.9 Å². The molecule has 1 saturated heterocycles. The fraction of sp³-hybridized carbons (Fsp3) is 0.391. The summed E-state index contributed by atoms with van der Waals surface area (Å²) >= 11 is 0. The molecule has 3 rings (SSSR count). The summed E-state index contributed by atoms with van der Waals surface area (Å²) in [6.45, 7) is 1.88. The Bertz CT molecular complexity index is 1040. The molecule has 1 aliphatic heterocycles. The van der Waals surface area contributed by atoms with Crippen LogP contribution in [0.25, 0.3) is 0 Å². The number of nitrogens with zero attached hydrogens (tertiary/aromatic N) is 2. The summed E-state index contributed by atoms with van der Waals surface area (Å²) in [6.07, 6.45) is 4.93. The van der Waals surface area contributed by atoms with E-state index in [9.17, 15) is 18.0 Å². The summed E-state index contributed by atoms with van der Waals surface area (Å²) in [4.78, 5) is 27.0. The van der Waals surface area contributed by atoms with Crippen molar-refractivity contribution in [3.63, 3.8) is 0 Å². The van der Waals surface area contributed by atoms with Crippen LogP contribution in [0.4, 0.5) is 11.4 Å². The number of anilines is 2. The van der Waals surface area contributed by atoms with Crippen LogP contribution < -0.4 is 15.5 Å². The first-order valence-corrected chi connectivity index (χ1v) is 12.2. The Morgan fingerprint density at radius 3 is 2.25 bits per heavy atom. The molecule has 8 nitrogen and oxygen atoms in total. The molecule has 2 aromatic carbocycles. The zero-order valence-corrected chi connectivity index (χ0v) is 19.3. The molecule has 0 spiro atoms. The van der Waals surface area contributed by atoms with E-state index in [1.807, 2.05) is 24.3 Å². The summed E-state index contributed by atoms with van der Waals surface area (Å²) < 4.78 is 25.6. The summed E-state index contributed by atoms with van der Waals surface area (Å²) in [5, 5.41) is 5.30. The monoisotopic (exact) mass is 458 g/mol. The van der Waals surface area contributed by atoms with E-state index < -0.39 is 15.9 Å². The van der Waals surface area contributed by atoms with E-state index in [-0.39, 0.29) is 22.9 Å². The van der Waals surface area contributed by atoms with E-state index in [1.54, 1.807) is 0 Å². The summed E-state index contributed by atoms with van der Waals surface area (Å²) in [6, 6.07) is 13.4. The zero-order valence-electron chi connectivity index (χ0n) is 18.5. The predicted molar refractivity (Wildman–Crippen MR) is 125 cm³/mol. The second kappa shape index (κ2) is 10.6. The van der Waals surface area contributed by atoms with Gasteiger partial charge in [-0.1, -0.05) is 18.9 Å². The number of carbonyl (C=O) groups is 2. The molecule has 1 aliphatic rings. The first-order valence-electron chi connectivity index (χ1n) is 10.7. The van der Waals surface area contributed by atoms with Crippen molar-refractivity contribution < 1.29 is 18.0 Å². The molecule has 0 atom stereocenters. The SMILES string of the molecule is CN(C)S(=O)(=O)c1cccc(C(=O)NCC(=O)Nc2ccc(N3CCCCCC3)cc2)c1. The quantitative estimate of drug-likeness (QED) is 0.665. The van der Waals surface area contributed by atoms with Gasteiger partial charge >= 0.3 is 0 Å². The van der Waals surface area contributed by atoms with Gasteiger partial charge in [0.1, 0.15) is 0 Å². The smallest absolute Gasteiger partial charge is 0.251 e. The highest BCUT2D eigenvalue weighted by atomic mass is 32.2. The van der Waals surface area contributed by atoms with Crippen LogP contribution in [-0.4, -0.2) is 58.3 Å². The third kappa shape index (κ3) is 6.08. The molecule has 0 unspecified atom stereocenters. The Labute approximate surface area is 189 Å². The van der Waals surface area contributed by atoms with Crippen molar-refractivity contribution in [1.82, 2.24) is 9.62 Å². The van der Waals surface area contributed by atoms with Crippen molar-refractivity contribution in [2.24, 2.45) is 0 Å². The van der Waals surface area contributed by atoms with E-state index in [1.165, 1.54) is 64.0 Å². The van der Waals surface area contributed by atoms with Gasteiger partial charge in [-0.25, -0.2) is 12.7 Å². The minimum absolute atomic E-state index is 0.0177. The predicted octanol–water partition coefficient (Wildman–Crippen LogP) is 2.69. The van der Waals surface area contributed by atoms with Crippen molar-refractivity contribution in [2.45, 2.75) is 30.6 Å². The number of amides is 2. The number of rotatable bonds is 7. The molecule has 32 heavy (non-hydrogen) atoms. The highest BCUT2D eigenvalue weighted by Gasteiger charge is 2.19. The Balaban J connectivity index is 1.54. The van der Waals surface area contributed by atoms with E-state index in [4.69, 9.17) is 0 Å². The number of nitrogens with one attached hydrogen (secondary N) is 2. The van der Waals surface area contributed by atoms with Crippen molar-refractivity contribution in [2.75, 3.05) is 43.9 Å². The largest absolute Gasteiger partial charge is 0.372 e. The highest BCUT2D eigenvalue weighted by Crippen LogP contribution is 2.21. The molecular weight excluding hydrogens is 428 g/mol. The minimum Gasteiger partial charge on any atom is -0.372 e. The highest BCUT2D eigenvalue weighted by molar-refractivity contribution is 7.89. The molecule has 1 heterocycles. The number of carbonyl (C=O) groups excluding carboxylic acids is 2. The molecule has 0 saturated carbocycles. The third-order valence-electron chi connectivity index (χ3n) is 5.41. The molecule has 172 valence electrons. The van der Waals surface area contributed by atoms with Gasteiger partial charge in [0.15, 0.2) is 0 Å². The third-order valence-corrected chi connectivity index (χ3v) is 7.22. The van der Waals surface area contributed by atoms with Crippen LogP contribution in [0.1, 0.15) is 36.0 Å². The maximum Gasteiger partial charge on any atom is 0.251 e. The Morgan fingerprint density at radius 1 is 0.969 bits per heavy atom. The van der Waals surface area contributed by atoms with E-state index in [0.717, 1.165) is 23.1 Å². The summed E-state index contributed by atoms with van der Waals surface area (Å²) in [5.74, 6) is -0.884. The Kier molecular flexibility index (Phi) is 7.87. The standard InChI is InChI=1S/C23H30N4O4S/c1-26(2)32(30,31)21-9-7-8-18(16-21)23(29)24-17-22(28)25-19-10-12-20(13-11-19)27-14-5-3-4-6-15-27/h7-13,16H,3-6,14-15,17H2,1-2H3,(H,24,29)(H,25,28). The first kappa shape index (κ1) is 23.7. The van der Waals surface area contributed by atoms with Crippen molar-refractivity contribution in [3.05, 3.63) is 54.1 Å². The lowest BCUT2D eigenvalue weighted by Crippen LogP contribution is -2.33. The van der Waals surface area contributed by atoms with Gasteiger partial charge in [-0.3, -0.25) is 9.59 Å². The summed E-state index contributed by atoms with van der Waals surface area (Å²) in [5.41, 5.74) is 1.97. The summed E-state index contributed by atoms with van der Waals surface area (Å²) in [7, 11) is -0.801. The molecular formula is C23H30N4O4S. The van der Waals surface area contributed by atoms with Gasteiger partial charge in [-0.15, -0.1) is 0 Å². The van der Waals surface area contributed by atoms with E-state index in [2.05, 4.69) is 15.5 Å². The molecule has 0 aromatic heterocycles. The van der Waals surface area contributed by atoms with Crippen molar-refractivity contribution >= 4 is 33.2 Å². The number of hydrogen-bond acceptors (Lipinski definition) is 5. The Hall–Kier alpha value is -2.91. The van der Waals surface area contributed by atoms with Crippen LogP contribution in [0.3, 0.4) is 0 Å². The lowest BCUT2D eigenvalue weighted by molar-refractivity contribution is -0.115. The zero-order chi connectivity index (χ0) is 23.1. The topological polar surface area (TPSA) is 98.8 Å². The van der Waals surface area contributed by atoms with Crippen LogP contribution in [0.5, 0.6) is 0 Å². The van der Waals surface area contributed by atoms with Gasteiger partial charge in [-0.2, -0.15) is 0 Å². The van der Waals surface area contributed by atoms with Gasteiger partial charge in [0.05, 0.1) is 11.4 Å². The fourth-order valence-corrected chi connectivity index (χ4v) is 4.51. The molecule has 2 aromatic rings. The second-order valence-corrected chi connectivity index (χ2v) is 10.1. The molecule has 0 aliphatic carbocycles. The lowest BCUT2D eigenvalue weighted by atomic mass is 10.2. The van der Waals surface area contributed by atoms with Crippen LogP contribution in [0.15, 0.2) is 53.4 Å². The van der Waals surface area contributed by atoms with Crippen LogP contribution >= 0.6 is 0 Å². The van der Waals surface area contributed by atoms with Gasteiger partial charge in [0, 0.05) is 44.1 Å². The first-order chi connectivity index (χ1) is 15.3. The molecule has 2 amide bonds. The maximum atomic E-state index is 12.4. The van der Waals surface area contributed by atoms with Gasteiger partial charge < -0.3 is 15.5 Å². The lowest BCUT2D eigenvalue weighted by Gasteiger charge is -2.22. The minimum atomic E-state index is -3.65. The second-order valence-electron chi connectivity index (χ2n) is 7.99. The molecule has 0 bridgehead atoms. The van der Waals surface area contributed by atoms with E-state index >= 15 is 0 Å². The average molecular weight is 459 g/mol. The van der Waals surface area contributed by atoms with Crippen LogP contribution in [0, 0.1) is 0 Å². The van der Waals surface area contributed by atoms with Crippen molar-refractivity contribution in [3.8, 4) is 0 Å². The molecule has 1 fully saturated rings. The van der Waals surface area contributed by atoms with Crippen LogP contribution in [0.2, 0.25) is 0 Å². The number of hydrogen-bond donors (Lipinski definition) is 2. The number of sulfonamides is 1. The van der Waals surface area contributed by atoms with Crippen LogP contribution in [-0.2, 0) is 14.8 Å². The number of benzene rings is 2. The molecule has 9 heteroatoms. The van der Waals surface area contributed by atoms with Gasteiger partial charge in [0.25, 0.3) is 5.91 Å².